The van der Waals surface area contributed by atoms with Crippen molar-refractivity contribution in [2.24, 2.45) is 0 Å². The highest BCUT2D eigenvalue weighted by molar-refractivity contribution is 7.87. The first-order valence-electron chi connectivity index (χ1n) is 3.83. The Morgan fingerprint density at radius 3 is 2.20 bits per heavy atom. The lowest BCUT2D eigenvalue weighted by molar-refractivity contribution is -0.0379. The van der Waals surface area contributed by atoms with Crippen molar-refractivity contribution in [2.45, 2.75) is 5.51 Å². The molecule has 0 amide bonds. The molecule has 1 aromatic carbocycles. The van der Waals surface area contributed by atoms with Crippen LogP contribution in [0, 0.1) is 0 Å². The van der Waals surface area contributed by atoms with Crippen LogP contribution in [0.5, 0.6) is 5.75 Å². The molecular weight excluding hydrogens is 231 g/mol. The van der Waals surface area contributed by atoms with Gasteiger partial charge >= 0.3 is 5.51 Å². The fourth-order valence-corrected chi connectivity index (χ4v) is 1.29. The maximum absolute atomic E-state index is 11.9. The largest absolute Gasteiger partial charge is 0.497 e. The van der Waals surface area contributed by atoms with E-state index in [1.54, 1.807) is 0 Å². The molecule has 1 aromatic rings. The molecule has 84 valence electrons. The fourth-order valence-electron chi connectivity index (χ4n) is 0.824. The summed E-state index contributed by atoms with van der Waals surface area (Å²) in [6, 6.07) is 5.64. The van der Waals surface area contributed by atoms with E-state index < -0.39 is 16.5 Å². The first kappa shape index (κ1) is 11.8. The Morgan fingerprint density at radius 2 is 1.80 bits per heavy atom. The Balaban J connectivity index is 2.70. The SMILES string of the molecule is COc1ccc(NS(=O)C(F)(F)F)cc1. The first-order chi connectivity index (χ1) is 6.93. The summed E-state index contributed by atoms with van der Waals surface area (Å²) in [5, 5.41) is 0. The number of rotatable bonds is 3. The average molecular weight is 239 g/mol. The fraction of sp³-hybridized carbons (Fsp3) is 0.250. The molecule has 0 aliphatic rings. The van der Waals surface area contributed by atoms with Gasteiger partial charge in [0, 0.05) is 5.69 Å². The molecule has 0 fully saturated rings. The average Bonchev–Trinajstić information content (AvgIpc) is 2.17. The van der Waals surface area contributed by atoms with E-state index in [0.717, 1.165) is 0 Å². The van der Waals surface area contributed by atoms with Crippen molar-refractivity contribution >= 4 is 16.7 Å². The van der Waals surface area contributed by atoms with Crippen molar-refractivity contribution in [3.63, 3.8) is 0 Å². The second kappa shape index (κ2) is 4.52. The maximum atomic E-state index is 11.9. The molecule has 1 unspecified atom stereocenters. The van der Waals surface area contributed by atoms with Crippen LogP contribution < -0.4 is 9.46 Å². The quantitative estimate of drug-likeness (QED) is 0.878. The Morgan fingerprint density at radius 1 is 1.27 bits per heavy atom. The number of halogens is 3. The van der Waals surface area contributed by atoms with Crippen LogP contribution in [0.25, 0.3) is 0 Å². The van der Waals surface area contributed by atoms with Gasteiger partial charge < -0.3 is 4.74 Å². The van der Waals surface area contributed by atoms with Crippen molar-refractivity contribution in [3.05, 3.63) is 24.3 Å². The molecule has 0 bridgehead atoms. The summed E-state index contributed by atoms with van der Waals surface area (Å²) in [4.78, 5) is 0. The van der Waals surface area contributed by atoms with E-state index in [4.69, 9.17) is 4.74 Å². The van der Waals surface area contributed by atoms with Crippen molar-refractivity contribution in [1.29, 1.82) is 0 Å². The van der Waals surface area contributed by atoms with Gasteiger partial charge in [0.05, 0.1) is 7.11 Å². The summed E-state index contributed by atoms with van der Waals surface area (Å²) >= 11 is 0. The first-order valence-corrected chi connectivity index (χ1v) is 4.98. The molecule has 0 aliphatic heterocycles. The minimum Gasteiger partial charge on any atom is -0.497 e. The molecule has 0 heterocycles. The van der Waals surface area contributed by atoms with Crippen LogP contribution in [0.3, 0.4) is 0 Å². The second-order valence-corrected chi connectivity index (χ2v) is 3.75. The zero-order valence-corrected chi connectivity index (χ0v) is 8.48. The van der Waals surface area contributed by atoms with Crippen LogP contribution in [0.15, 0.2) is 24.3 Å². The molecule has 0 saturated carbocycles. The lowest BCUT2D eigenvalue weighted by Gasteiger charge is -2.08. The van der Waals surface area contributed by atoms with Crippen molar-refractivity contribution in [3.8, 4) is 5.75 Å². The van der Waals surface area contributed by atoms with Gasteiger partial charge in [-0.1, -0.05) is 0 Å². The van der Waals surface area contributed by atoms with Crippen molar-refractivity contribution in [1.82, 2.24) is 0 Å². The van der Waals surface area contributed by atoms with Gasteiger partial charge in [-0.2, -0.15) is 13.2 Å². The van der Waals surface area contributed by atoms with E-state index in [1.807, 2.05) is 4.72 Å². The molecule has 1 atom stereocenters. The highest BCUT2D eigenvalue weighted by Gasteiger charge is 2.37. The number of benzene rings is 1. The van der Waals surface area contributed by atoms with Crippen LogP contribution in [0.1, 0.15) is 0 Å². The zero-order chi connectivity index (χ0) is 11.5. The van der Waals surface area contributed by atoms with Crippen LogP contribution in [0.4, 0.5) is 18.9 Å². The predicted octanol–water partition coefficient (Wildman–Crippen LogP) is 2.29. The third-order valence-corrected chi connectivity index (χ3v) is 2.35. The summed E-state index contributed by atoms with van der Waals surface area (Å²) in [6.07, 6.45) is 0. The third kappa shape index (κ3) is 3.43. The van der Waals surface area contributed by atoms with Crippen LogP contribution in [-0.4, -0.2) is 16.8 Å². The van der Waals surface area contributed by atoms with E-state index >= 15 is 0 Å². The number of methoxy groups -OCH3 is 1. The zero-order valence-electron chi connectivity index (χ0n) is 7.67. The monoisotopic (exact) mass is 239 g/mol. The molecule has 0 aromatic heterocycles. The van der Waals surface area contributed by atoms with Gasteiger partial charge in [0.1, 0.15) is 5.75 Å². The lowest BCUT2D eigenvalue weighted by Crippen LogP contribution is -2.22. The Bertz CT molecular complexity index is 350. The number of ether oxygens (including phenoxy) is 1. The number of anilines is 1. The number of nitrogens with one attached hydrogen (secondary N) is 1. The lowest BCUT2D eigenvalue weighted by atomic mass is 10.3. The van der Waals surface area contributed by atoms with Crippen molar-refractivity contribution in [2.75, 3.05) is 11.8 Å². The third-order valence-electron chi connectivity index (χ3n) is 1.51. The van der Waals surface area contributed by atoms with E-state index in [1.165, 1.54) is 31.4 Å². The molecule has 0 saturated heterocycles. The topological polar surface area (TPSA) is 38.3 Å². The minimum atomic E-state index is -4.76. The van der Waals surface area contributed by atoms with E-state index in [9.17, 15) is 17.4 Å². The normalized spacial score (nSPS) is 13.3. The van der Waals surface area contributed by atoms with Gasteiger partial charge in [0.15, 0.2) is 0 Å². The summed E-state index contributed by atoms with van der Waals surface area (Å²) in [6.45, 7) is 0. The molecular formula is C8H8F3NO2S. The predicted molar refractivity (Wildman–Crippen MR) is 50.8 cm³/mol. The molecule has 3 nitrogen and oxygen atoms in total. The van der Waals surface area contributed by atoms with Gasteiger partial charge in [-0.25, -0.2) is 4.21 Å². The molecule has 1 N–H and O–H groups in total. The Labute approximate surface area is 86.8 Å². The smallest absolute Gasteiger partial charge is 0.490 e. The van der Waals surface area contributed by atoms with E-state index in [2.05, 4.69) is 0 Å². The standard InChI is InChI=1S/C8H8F3NO2S/c1-14-7-4-2-6(3-5-7)12-15(13)8(9,10)11/h2-5,12H,1H3. The molecule has 0 spiro atoms. The summed E-state index contributed by atoms with van der Waals surface area (Å²) in [5.74, 6) is 0.512. The van der Waals surface area contributed by atoms with Crippen LogP contribution in [-0.2, 0) is 11.0 Å². The molecule has 7 heteroatoms. The van der Waals surface area contributed by atoms with Crippen LogP contribution >= 0.6 is 0 Å². The molecule has 1 rings (SSSR count). The highest BCUT2D eigenvalue weighted by atomic mass is 32.2. The number of hydrogen-bond donors (Lipinski definition) is 1. The summed E-state index contributed by atoms with van der Waals surface area (Å²) in [5.41, 5.74) is -4.65. The maximum Gasteiger partial charge on any atom is 0.490 e. The summed E-state index contributed by atoms with van der Waals surface area (Å²) < 4.78 is 53.0. The van der Waals surface area contributed by atoms with E-state index in [-0.39, 0.29) is 5.69 Å². The number of alkyl halides is 3. The molecule has 0 radical (unpaired) electrons. The van der Waals surface area contributed by atoms with Gasteiger partial charge in [0.2, 0.25) is 11.0 Å². The van der Waals surface area contributed by atoms with Gasteiger partial charge in [-0.3, -0.25) is 4.72 Å². The highest BCUT2D eigenvalue weighted by Crippen LogP contribution is 2.22. The molecule has 15 heavy (non-hydrogen) atoms. The van der Waals surface area contributed by atoms with E-state index in [0.29, 0.717) is 5.75 Å². The van der Waals surface area contributed by atoms with Gasteiger partial charge in [0.25, 0.3) is 0 Å². The minimum absolute atomic E-state index is 0.117. The summed E-state index contributed by atoms with van der Waals surface area (Å²) in [7, 11) is -1.65. The Kier molecular flexibility index (Phi) is 3.57. The van der Waals surface area contributed by atoms with Crippen molar-refractivity contribution < 1.29 is 22.1 Å². The van der Waals surface area contributed by atoms with Gasteiger partial charge in [-0.05, 0) is 24.3 Å². The van der Waals surface area contributed by atoms with Gasteiger partial charge in [-0.15, -0.1) is 0 Å². The second-order valence-electron chi connectivity index (χ2n) is 2.55. The molecule has 0 aliphatic carbocycles. The van der Waals surface area contributed by atoms with Crippen LogP contribution in [0.2, 0.25) is 0 Å². The Hall–Kier alpha value is -1.24. The number of hydrogen-bond acceptors (Lipinski definition) is 2.